The van der Waals surface area contributed by atoms with E-state index in [-0.39, 0.29) is 24.7 Å². The van der Waals surface area contributed by atoms with Crippen LogP contribution in [-0.4, -0.2) is 41.6 Å². The molecule has 0 spiro atoms. The van der Waals surface area contributed by atoms with Crippen molar-refractivity contribution < 1.29 is 24.5 Å². The van der Waals surface area contributed by atoms with E-state index in [0.29, 0.717) is 21.9 Å². The zero-order chi connectivity index (χ0) is 17.0. The maximum atomic E-state index is 12.4. The number of hydrogen-bond donors (Lipinski definition) is 4. The molecule has 1 aliphatic heterocycles. The maximum Gasteiger partial charge on any atom is 0.338 e. The van der Waals surface area contributed by atoms with E-state index in [2.05, 4.69) is 10.6 Å². The number of carbonyl (C=O) groups is 1. The Kier molecular flexibility index (Phi) is 5.41. The van der Waals surface area contributed by atoms with E-state index in [1.807, 2.05) is 0 Å². The van der Waals surface area contributed by atoms with Gasteiger partial charge in [-0.3, -0.25) is 0 Å². The van der Waals surface area contributed by atoms with Crippen LogP contribution < -0.4 is 10.6 Å². The lowest BCUT2D eigenvalue weighted by atomic mass is 9.95. The third-order valence-corrected chi connectivity index (χ3v) is 3.55. The van der Waals surface area contributed by atoms with Crippen LogP contribution in [0.4, 0.5) is 0 Å². The van der Waals surface area contributed by atoms with Gasteiger partial charge in [-0.05, 0) is 31.3 Å². The van der Waals surface area contributed by atoms with Gasteiger partial charge in [0.15, 0.2) is 5.11 Å². The highest BCUT2D eigenvalue weighted by Gasteiger charge is 2.32. The monoisotopic (exact) mass is 338 g/mol. The first-order valence-corrected chi connectivity index (χ1v) is 7.31. The molecule has 124 valence electrons. The van der Waals surface area contributed by atoms with Gasteiger partial charge in [-0.1, -0.05) is 0 Å². The normalized spacial score (nSPS) is 17.5. The smallest absolute Gasteiger partial charge is 0.338 e. The first-order chi connectivity index (χ1) is 10.9. The van der Waals surface area contributed by atoms with Crippen molar-refractivity contribution in [1.29, 1.82) is 0 Å². The minimum atomic E-state index is -0.681. The van der Waals surface area contributed by atoms with Crippen molar-refractivity contribution in [3.05, 3.63) is 35.0 Å². The van der Waals surface area contributed by atoms with Crippen LogP contribution in [0, 0.1) is 0 Å². The lowest BCUT2D eigenvalue weighted by molar-refractivity contribution is -0.140. The molecule has 1 unspecified atom stereocenters. The molecule has 8 heteroatoms. The van der Waals surface area contributed by atoms with Crippen LogP contribution in [-0.2, 0) is 14.3 Å². The molecule has 0 bridgehead atoms. The number of ether oxygens (including phenoxy) is 2. The number of aromatic hydroxyl groups is 2. The molecule has 0 fully saturated rings. The first kappa shape index (κ1) is 17.0. The highest BCUT2D eigenvalue weighted by molar-refractivity contribution is 7.80. The zero-order valence-corrected chi connectivity index (χ0v) is 13.6. The molecule has 1 aromatic rings. The van der Waals surface area contributed by atoms with Gasteiger partial charge in [-0.25, -0.2) is 4.79 Å². The van der Waals surface area contributed by atoms with Gasteiger partial charge in [0.2, 0.25) is 0 Å². The second kappa shape index (κ2) is 7.30. The average molecular weight is 338 g/mol. The summed E-state index contributed by atoms with van der Waals surface area (Å²) in [5, 5.41) is 25.6. The molecule has 7 nitrogen and oxygen atoms in total. The predicted octanol–water partition coefficient (Wildman–Crippen LogP) is 1.08. The zero-order valence-electron chi connectivity index (χ0n) is 12.8. The van der Waals surface area contributed by atoms with Crippen LogP contribution in [0.15, 0.2) is 29.5 Å². The quantitative estimate of drug-likeness (QED) is 0.360. The summed E-state index contributed by atoms with van der Waals surface area (Å²) in [6, 6.07) is 3.46. The van der Waals surface area contributed by atoms with E-state index in [0.717, 1.165) is 0 Å². The van der Waals surface area contributed by atoms with Crippen molar-refractivity contribution in [2.75, 3.05) is 20.3 Å². The number of allylic oxidation sites excluding steroid dienone is 1. The van der Waals surface area contributed by atoms with E-state index in [4.69, 9.17) is 21.7 Å². The Balaban J connectivity index is 2.36. The first-order valence-electron chi connectivity index (χ1n) is 6.90. The molecule has 0 radical (unpaired) electrons. The highest BCUT2D eigenvalue weighted by Crippen LogP contribution is 2.34. The SMILES string of the molecule is COCCOC(=O)C1=C(C)NC(=S)NC1c1ccc(O)cc1O. The van der Waals surface area contributed by atoms with E-state index >= 15 is 0 Å². The van der Waals surface area contributed by atoms with Crippen molar-refractivity contribution in [3.8, 4) is 11.5 Å². The van der Waals surface area contributed by atoms with Gasteiger partial charge < -0.3 is 30.3 Å². The fraction of sp³-hybridized carbons (Fsp3) is 0.333. The lowest BCUT2D eigenvalue weighted by Gasteiger charge is -2.30. The van der Waals surface area contributed by atoms with Crippen LogP contribution >= 0.6 is 12.2 Å². The maximum absolute atomic E-state index is 12.4. The van der Waals surface area contributed by atoms with Crippen LogP contribution in [0.5, 0.6) is 11.5 Å². The molecule has 1 aromatic carbocycles. The van der Waals surface area contributed by atoms with Gasteiger partial charge in [0.1, 0.15) is 18.1 Å². The van der Waals surface area contributed by atoms with E-state index in [1.165, 1.54) is 25.3 Å². The van der Waals surface area contributed by atoms with Gasteiger partial charge in [0, 0.05) is 24.4 Å². The number of methoxy groups -OCH3 is 1. The molecule has 23 heavy (non-hydrogen) atoms. The van der Waals surface area contributed by atoms with E-state index in [9.17, 15) is 15.0 Å². The third kappa shape index (κ3) is 3.91. The summed E-state index contributed by atoms with van der Waals surface area (Å²) in [4.78, 5) is 12.4. The highest BCUT2D eigenvalue weighted by atomic mass is 32.1. The molecule has 1 atom stereocenters. The second-order valence-corrected chi connectivity index (χ2v) is 5.35. The number of nitrogens with one attached hydrogen (secondary N) is 2. The van der Waals surface area contributed by atoms with Crippen LogP contribution in [0.1, 0.15) is 18.5 Å². The standard InChI is InChI=1S/C15H18N2O5S/c1-8-12(14(20)22-6-5-21-2)13(17-15(23)16-8)10-4-3-9(18)7-11(10)19/h3-4,7,13,18-19H,5-6H2,1-2H3,(H2,16,17,23). The minimum absolute atomic E-state index is 0.0762. The average Bonchev–Trinajstić information content (AvgIpc) is 2.46. The second-order valence-electron chi connectivity index (χ2n) is 4.94. The number of carbonyl (C=O) groups excluding carboxylic acids is 1. The summed E-state index contributed by atoms with van der Waals surface area (Å²) in [5.74, 6) is -0.769. The molecule has 1 aliphatic rings. The number of hydrogen-bond acceptors (Lipinski definition) is 6. The third-order valence-electron chi connectivity index (χ3n) is 3.33. The van der Waals surface area contributed by atoms with Gasteiger partial charge in [-0.15, -0.1) is 0 Å². The van der Waals surface area contributed by atoms with Gasteiger partial charge in [0.25, 0.3) is 0 Å². The van der Waals surface area contributed by atoms with Crippen molar-refractivity contribution in [2.24, 2.45) is 0 Å². The topological polar surface area (TPSA) is 100 Å². The fourth-order valence-electron chi connectivity index (χ4n) is 2.27. The van der Waals surface area contributed by atoms with Crippen LogP contribution in [0.25, 0.3) is 0 Å². The number of phenolic OH excluding ortho intramolecular Hbond substituents is 2. The molecule has 2 rings (SSSR count). The van der Waals surface area contributed by atoms with Gasteiger partial charge in [0.05, 0.1) is 18.2 Å². The van der Waals surface area contributed by atoms with E-state index in [1.54, 1.807) is 6.92 Å². The van der Waals surface area contributed by atoms with E-state index < -0.39 is 12.0 Å². The largest absolute Gasteiger partial charge is 0.508 e. The number of rotatable bonds is 5. The molecule has 0 aliphatic carbocycles. The number of esters is 1. The van der Waals surface area contributed by atoms with Gasteiger partial charge >= 0.3 is 5.97 Å². The molecule has 1 heterocycles. The molecule has 0 amide bonds. The van der Waals surface area contributed by atoms with Crippen molar-refractivity contribution in [2.45, 2.75) is 13.0 Å². The Labute approximate surface area is 138 Å². The van der Waals surface area contributed by atoms with Crippen molar-refractivity contribution >= 4 is 23.3 Å². The Bertz CT molecular complexity index is 659. The summed E-state index contributed by atoms with van der Waals surface area (Å²) in [6.07, 6.45) is 0. The molecule has 0 saturated heterocycles. The summed E-state index contributed by atoms with van der Waals surface area (Å²) < 4.78 is 10.0. The Morgan fingerprint density at radius 2 is 2.09 bits per heavy atom. The minimum Gasteiger partial charge on any atom is -0.508 e. The fourth-order valence-corrected chi connectivity index (χ4v) is 2.54. The number of thiocarbonyl (C=S) groups is 1. The predicted molar refractivity (Wildman–Crippen MR) is 86.9 cm³/mol. The Morgan fingerprint density at radius 3 is 2.74 bits per heavy atom. The molecule has 4 N–H and O–H groups in total. The Hall–Kier alpha value is -2.32. The number of benzene rings is 1. The summed E-state index contributed by atoms with van der Waals surface area (Å²) in [7, 11) is 1.51. The van der Waals surface area contributed by atoms with Gasteiger partial charge in [-0.2, -0.15) is 0 Å². The Morgan fingerprint density at radius 1 is 1.35 bits per heavy atom. The van der Waals surface area contributed by atoms with Crippen molar-refractivity contribution in [1.82, 2.24) is 10.6 Å². The summed E-state index contributed by atoms with van der Waals surface area (Å²) in [5.41, 5.74) is 1.24. The molecule has 0 saturated carbocycles. The molecular formula is C15H18N2O5S. The molecular weight excluding hydrogens is 320 g/mol. The van der Waals surface area contributed by atoms with Crippen molar-refractivity contribution in [3.63, 3.8) is 0 Å². The van der Waals surface area contributed by atoms with Crippen LogP contribution in [0.2, 0.25) is 0 Å². The summed E-state index contributed by atoms with van der Waals surface area (Å²) >= 11 is 5.12. The van der Waals surface area contributed by atoms with Crippen LogP contribution in [0.3, 0.4) is 0 Å². The number of phenols is 2. The lowest BCUT2D eigenvalue weighted by Crippen LogP contribution is -2.45. The molecule has 0 aromatic heterocycles. The summed E-state index contributed by atoms with van der Waals surface area (Å²) in [6.45, 7) is 2.10.